The Hall–Kier alpha value is -0.780. The van der Waals surface area contributed by atoms with Gasteiger partial charge in [-0.2, -0.15) is 24.9 Å². The maximum Gasteiger partial charge on any atom is 0.433 e. The van der Waals surface area contributed by atoms with Crippen molar-refractivity contribution in [1.29, 1.82) is 0 Å². The Morgan fingerprint density at radius 1 is 1.46 bits per heavy atom. The Kier molecular flexibility index (Phi) is 3.13. The lowest BCUT2D eigenvalue weighted by Gasteiger charge is -2.05. The second kappa shape index (κ2) is 3.95. The van der Waals surface area contributed by atoms with Gasteiger partial charge in [-0.1, -0.05) is 0 Å². The molecule has 0 amide bonds. The molecule has 0 aromatic carbocycles. The summed E-state index contributed by atoms with van der Waals surface area (Å²) in [6.45, 7) is 0. The van der Waals surface area contributed by atoms with E-state index in [0.29, 0.717) is 5.75 Å². The summed E-state index contributed by atoms with van der Waals surface area (Å²) < 4.78 is 36.3. The Labute approximate surface area is 77.6 Å². The largest absolute Gasteiger partial charge is 0.433 e. The zero-order valence-electron chi connectivity index (χ0n) is 6.80. The van der Waals surface area contributed by atoms with Crippen molar-refractivity contribution < 1.29 is 13.2 Å². The Morgan fingerprint density at radius 3 is 2.69 bits per heavy atom. The maximum atomic E-state index is 12.1. The van der Waals surface area contributed by atoms with Crippen LogP contribution in [0.4, 0.5) is 13.2 Å². The topological polar surface area (TPSA) is 25.8 Å². The van der Waals surface area contributed by atoms with Gasteiger partial charge in [0.05, 0.1) is 5.75 Å². The SMILES string of the molecule is CSCc1nccc(C(F)(F)F)n1. The molecule has 0 bridgehead atoms. The Bertz CT molecular complexity index is 287. The zero-order valence-corrected chi connectivity index (χ0v) is 7.61. The van der Waals surface area contributed by atoms with Crippen LogP contribution < -0.4 is 0 Å². The highest BCUT2D eigenvalue weighted by molar-refractivity contribution is 7.97. The summed E-state index contributed by atoms with van der Waals surface area (Å²) in [7, 11) is 0. The highest BCUT2D eigenvalue weighted by Gasteiger charge is 2.32. The molecule has 0 aliphatic rings. The van der Waals surface area contributed by atoms with E-state index in [1.165, 1.54) is 11.8 Å². The Balaban J connectivity index is 2.92. The van der Waals surface area contributed by atoms with Gasteiger partial charge in [0.25, 0.3) is 0 Å². The van der Waals surface area contributed by atoms with Crippen LogP contribution in [0, 0.1) is 0 Å². The van der Waals surface area contributed by atoms with Gasteiger partial charge in [0, 0.05) is 6.20 Å². The summed E-state index contributed by atoms with van der Waals surface area (Å²) in [6.07, 6.45) is -1.47. The monoisotopic (exact) mass is 208 g/mol. The fraction of sp³-hybridized carbons (Fsp3) is 0.429. The first-order valence-electron chi connectivity index (χ1n) is 3.42. The minimum absolute atomic E-state index is 0.210. The maximum absolute atomic E-state index is 12.1. The fourth-order valence-corrected chi connectivity index (χ4v) is 1.15. The van der Waals surface area contributed by atoms with Crippen LogP contribution in [0.2, 0.25) is 0 Å². The molecular formula is C7H7F3N2S. The number of rotatable bonds is 2. The third-order valence-electron chi connectivity index (χ3n) is 1.27. The molecule has 0 spiro atoms. The molecule has 13 heavy (non-hydrogen) atoms. The third-order valence-corrected chi connectivity index (χ3v) is 1.82. The quantitative estimate of drug-likeness (QED) is 0.746. The van der Waals surface area contributed by atoms with E-state index in [9.17, 15) is 13.2 Å². The second-order valence-electron chi connectivity index (χ2n) is 2.29. The molecule has 0 saturated carbocycles. The highest BCUT2D eigenvalue weighted by atomic mass is 32.2. The zero-order chi connectivity index (χ0) is 9.90. The molecule has 2 nitrogen and oxygen atoms in total. The molecule has 1 heterocycles. The van der Waals surface area contributed by atoms with E-state index in [1.54, 1.807) is 6.26 Å². The molecular weight excluding hydrogens is 201 g/mol. The lowest BCUT2D eigenvalue weighted by atomic mass is 10.4. The lowest BCUT2D eigenvalue weighted by Crippen LogP contribution is -2.09. The van der Waals surface area contributed by atoms with Gasteiger partial charge in [0.1, 0.15) is 11.5 Å². The van der Waals surface area contributed by atoms with Crippen LogP contribution in [-0.2, 0) is 11.9 Å². The van der Waals surface area contributed by atoms with E-state index in [-0.39, 0.29) is 5.82 Å². The van der Waals surface area contributed by atoms with E-state index in [1.807, 2.05) is 0 Å². The summed E-state index contributed by atoms with van der Waals surface area (Å²) in [6, 6.07) is 0.865. The minimum atomic E-state index is -4.38. The molecule has 0 N–H and O–H groups in total. The normalized spacial score (nSPS) is 11.7. The standard InChI is InChI=1S/C7H7F3N2S/c1-13-4-6-11-3-2-5(12-6)7(8,9)10/h2-3H,4H2,1H3. The number of alkyl halides is 3. The number of hydrogen-bond donors (Lipinski definition) is 0. The molecule has 0 aliphatic heterocycles. The van der Waals surface area contributed by atoms with Gasteiger partial charge < -0.3 is 0 Å². The van der Waals surface area contributed by atoms with Crippen LogP contribution >= 0.6 is 11.8 Å². The number of aromatic nitrogens is 2. The molecule has 72 valence electrons. The number of nitrogens with zero attached hydrogens (tertiary/aromatic N) is 2. The summed E-state index contributed by atoms with van der Waals surface area (Å²) in [5, 5.41) is 0. The first-order valence-corrected chi connectivity index (χ1v) is 4.81. The fourth-order valence-electron chi connectivity index (χ4n) is 0.756. The molecule has 6 heteroatoms. The first kappa shape index (κ1) is 10.3. The number of hydrogen-bond acceptors (Lipinski definition) is 3. The van der Waals surface area contributed by atoms with Crippen molar-refractivity contribution in [1.82, 2.24) is 9.97 Å². The van der Waals surface area contributed by atoms with E-state index >= 15 is 0 Å². The van der Waals surface area contributed by atoms with E-state index in [4.69, 9.17) is 0 Å². The summed E-state index contributed by atoms with van der Waals surface area (Å²) >= 11 is 1.38. The van der Waals surface area contributed by atoms with Crippen molar-refractivity contribution in [2.45, 2.75) is 11.9 Å². The smallest absolute Gasteiger partial charge is 0.240 e. The lowest BCUT2D eigenvalue weighted by molar-refractivity contribution is -0.141. The molecule has 1 rings (SSSR count). The Morgan fingerprint density at radius 2 is 2.15 bits per heavy atom. The van der Waals surface area contributed by atoms with E-state index in [0.717, 1.165) is 12.3 Å². The first-order chi connectivity index (χ1) is 6.04. The molecule has 1 aromatic heterocycles. The average Bonchev–Trinajstić information content (AvgIpc) is 2.04. The van der Waals surface area contributed by atoms with E-state index < -0.39 is 11.9 Å². The molecule has 0 fully saturated rings. The van der Waals surface area contributed by atoms with Gasteiger partial charge >= 0.3 is 6.18 Å². The van der Waals surface area contributed by atoms with Crippen molar-refractivity contribution in [2.24, 2.45) is 0 Å². The predicted molar refractivity (Wildman–Crippen MR) is 44.3 cm³/mol. The molecule has 0 radical (unpaired) electrons. The molecule has 1 aromatic rings. The van der Waals surface area contributed by atoms with Gasteiger partial charge in [0.2, 0.25) is 0 Å². The predicted octanol–water partition coefficient (Wildman–Crippen LogP) is 2.36. The summed E-state index contributed by atoms with van der Waals surface area (Å²) in [5.74, 6) is 0.603. The van der Waals surface area contributed by atoms with Crippen molar-refractivity contribution in [3.63, 3.8) is 0 Å². The van der Waals surface area contributed by atoms with Crippen molar-refractivity contribution >= 4 is 11.8 Å². The molecule has 0 saturated heterocycles. The highest BCUT2D eigenvalue weighted by Crippen LogP contribution is 2.27. The van der Waals surface area contributed by atoms with Gasteiger partial charge in [-0.05, 0) is 12.3 Å². The van der Waals surface area contributed by atoms with Crippen LogP contribution in [0.3, 0.4) is 0 Å². The van der Waals surface area contributed by atoms with Crippen LogP contribution in [0.5, 0.6) is 0 Å². The number of halogens is 3. The van der Waals surface area contributed by atoms with Gasteiger partial charge in [-0.3, -0.25) is 0 Å². The van der Waals surface area contributed by atoms with Crippen molar-refractivity contribution in [3.05, 3.63) is 23.8 Å². The van der Waals surface area contributed by atoms with Crippen LogP contribution in [0.25, 0.3) is 0 Å². The minimum Gasteiger partial charge on any atom is -0.240 e. The summed E-state index contributed by atoms with van der Waals surface area (Å²) in [4.78, 5) is 7.09. The van der Waals surface area contributed by atoms with Crippen molar-refractivity contribution in [3.8, 4) is 0 Å². The van der Waals surface area contributed by atoms with E-state index in [2.05, 4.69) is 9.97 Å². The number of thioether (sulfide) groups is 1. The van der Waals surface area contributed by atoms with Gasteiger partial charge in [-0.15, -0.1) is 0 Å². The third kappa shape index (κ3) is 2.87. The van der Waals surface area contributed by atoms with Crippen molar-refractivity contribution in [2.75, 3.05) is 6.26 Å². The van der Waals surface area contributed by atoms with Crippen LogP contribution in [0.1, 0.15) is 11.5 Å². The average molecular weight is 208 g/mol. The molecule has 0 unspecified atom stereocenters. The van der Waals surface area contributed by atoms with Crippen LogP contribution in [-0.4, -0.2) is 16.2 Å². The van der Waals surface area contributed by atoms with Crippen LogP contribution in [0.15, 0.2) is 12.3 Å². The van der Waals surface area contributed by atoms with Gasteiger partial charge in [-0.25, -0.2) is 9.97 Å². The molecule has 0 aliphatic carbocycles. The summed E-state index contributed by atoms with van der Waals surface area (Å²) in [5.41, 5.74) is -0.883. The molecule has 0 atom stereocenters. The second-order valence-corrected chi connectivity index (χ2v) is 3.15. The van der Waals surface area contributed by atoms with Gasteiger partial charge in [0.15, 0.2) is 0 Å².